The van der Waals surface area contributed by atoms with E-state index in [0.717, 1.165) is 28.6 Å². The van der Waals surface area contributed by atoms with Gasteiger partial charge in [0.1, 0.15) is 6.10 Å². The number of terminal acetylenes is 1. The Bertz CT molecular complexity index is 1570. The second kappa shape index (κ2) is 24.5. The van der Waals surface area contributed by atoms with Gasteiger partial charge in [-0.25, -0.2) is 13.2 Å². The standard InChI is InChI=1S/C26H27F2N3O4S.C3H6O3.C2H6.C2H2.CH3F/c1-3-19(6-4-5-15-35-26(27)28)23-16-24(20-11-13-22(14-12-20)36(2,33)34)31(30-23)17-18-7-9-21(10-8-18)25(29)32;1-2(4)3(5)6;3*1-2/h3-5,7-14,16,26H,6,15,17H2,1-2H3,(H2,29,32);2,4H,1H3,(H,5,6);1-2H3;1-2H;1H3/b5-4-,19-3+;;;;. The number of carboxylic acid groups (broad SMARTS) is 1. The molecule has 0 spiro atoms. The molecular weight excluding hydrogens is 651 g/mol. The molecule has 1 heterocycles. The Hall–Kier alpha value is -4.71. The van der Waals surface area contributed by atoms with Crippen LogP contribution in [0.2, 0.25) is 0 Å². The van der Waals surface area contributed by atoms with E-state index in [4.69, 9.17) is 21.0 Å². The van der Waals surface area contributed by atoms with Crippen molar-refractivity contribution in [1.29, 1.82) is 0 Å². The molecule has 1 amide bonds. The number of sulfone groups is 1. The van der Waals surface area contributed by atoms with Crippen LogP contribution >= 0.6 is 0 Å². The molecule has 48 heavy (non-hydrogen) atoms. The Labute approximate surface area is 280 Å². The molecule has 10 nitrogen and oxygen atoms in total. The molecule has 3 aromatic rings. The summed E-state index contributed by atoms with van der Waals surface area (Å²) in [6.45, 7) is 4.43. The Kier molecular flexibility index (Phi) is 23.1. The zero-order valence-corrected chi connectivity index (χ0v) is 28.6. The molecule has 0 aliphatic carbocycles. The highest BCUT2D eigenvalue weighted by molar-refractivity contribution is 7.90. The fourth-order valence-electron chi connectivity index (χ4n) is 3.52. The van der Waals surface area contributed by atoms with Crippen LogP contribution in [0.3, 0.4) is 0 Å². The van der Waals surface area contributed by atoms with Crippen LogP contribution in [0.15, 0.2) is 77.7 Å². The zero-order chi connectivity index (χ0) is 37.4. The number of aliphatic hydroxyl groups is 1. The topological polar surface area (TPSA) is 162 Å². The van der Waals surface area contributed by atoms with E-state index in [2.05, 4.69) is 17.6 Å². The first-order valence-electron chi connectivity index (χ1n) is 14.3. The average molecular weight is 696 g/mol. The molecule has 0 bridgehead atoms. The summed E-state index contributed by atoms with van der Waals surface area (Å²) in [5, 5.41) is 20.5. The summed E-state index contributed by atoms with van der Waals surface area (Å²) in [5.74, 6) is -1.70. The molecule has 0 fully saturated rings. The maximum atomic E-state index is 12.2. The second-order valence-electron chi connectivity index (χ2n) is 9.03. The fourth-order valence-corrected chi connectivity index (χ4v) is 4.15. The van der Waals surface area contributed by atoms with Gasteiger partial charge in [0.2, 0.25) is 5.91 Å². The number of carbonyl (C=O) groups excluding carboxylic acids is 1. The number of alkyl halides is 3. The number of aliphatic hydroxyl groups excluding tert-OH is 1. The van der Waals surface area contributed by atoms with Crippen LogP contribution < -0.4 is 5.73 Å². The Balaban J connectivity index is 0. The summed E-state index contributed by atoms with van der Waals surface area (Å²) in [6.07, 6.45) is 13.5. The third kappa shape index (κ3) is 16.7. The largest absolute Gasteiger partial charge is 0.479 e. The maximum Gasteiger partial charge on any atom is 0.345 e. The van der Waals surface area contributed by atoms with Gasteiger partial charge in [-0.1, -0.05) is 56.3 Å². The number of hydrogen-bond donors (Lipinski definition) is 3. The lowest BCUT2D eigenvalue weighted by molar-refractivity contribution is -0.145. The number of carbonyl (C=O) groups is 2. The first-order valence-corrected chi connectivity index (χ1v) is 16.2. The summed E-state index contributed by atoms with van der Waals surface area (Å²) >= 11 is 0. The summed E-state index contributed by atoms with van der Waals surface area (Å²) < 4.78 is 63.6. The Morgan fingerprint density at radius 2 is 1.56 bits per heavy atom. The molecule has 3 rings (SSSR count). The van der Waals surface area contributed by atoms with Crippen LogP contribution in [0.4, 0.5) is 13.2 Å². The van der Waals surface area contributed by atoms with Gasteiger partial charge in [-0.15, -0.1) is 12.8 Å². The molecule has 0 saturated carbocycles. The summed E-state index contributed by atoms with van der Waals surface area (Å²) in [5.41, 5.74) is 9.70. The predicted octanol–water partition coefficient (Wildman–Crippen LogP) is 6.00. The van der Waals surface area contributed by atoms with Gasteiger partial charge in [0.05, 0.1) is 36.6 Å². The van der Waals surface area contributed by atoms with E-state index in [1.807, 2.05) is 32.9 Å². The van der Waals surface area contributed by atoms with Crippen molar-refractivity contribution >= 4 is 27.3 Å². The number of ether oxygens (including phenoxy) is 1. The number of halogens is 3. The Morgan fingerprint density at radius 3 is 1.98 bits per heavy atom. The van der Waals surface area contributed by atoms with E-state index in [1.54, 1.807) is 59.3 Å². The van der Waals surface area contributed by atoms with Gasteiger partial charge >= 0.3 is 12.6 Å². The van der Waals surface area contributed by atoms with E-state index in [0.29, 0.717) is 31.4 Å². The van der Waals surface area contributed by atoms with Crippen LogP contribution in [-0.2, 0) is 25.9 Å². The monoisotopic (exact) mass is 695 g/mol. The van der Waals surface area contributed by atoms with Crippen molar-refractivity contribution in [3.8, 4) is 24.1 Å². The lowest BCUT2D eigenvalue weighted by Gasteiger charge is -2.09. The number of aromatic nitrogens is 2. The molecule has 264 valence electrons. The molecule has 0 aliphatic rings. The van der Waals surface area contributed by atoms with Gasteiger partial charge in [0.25, 0.3) is 0 Å². The van der Waals surface area contributed by atoms with Crippen molar-refractivity contribution in [2.24, 2.45) is 5.73 Å². The average Bonchev–Trinajstić information content (AvgIpc) is 3.48. The molecule has 14 heteroatoms. The van der Waals surface area contributed by atoms with Crippen molar-refractivity contribution in [2.75, 3.05) is 20.0 Å². The Morgan fingerprint density at radius 1 is 1.04 bits per heavy atom. The molecule has 0 saturated heterocycles. The number of benzene rings is 2. The number of carboxylic acids is 1. The number of amides is 1. The molecule has 1 unspecified atom stereocenters. The minimum absolute atomic E-state index is 0.192. The number of allylic oxidation sites excluding steroid dienone is 3. The number of nitrogens with two attached hydrogens (primary N) is 1. The number of aliphatic carboxylic acids is 1. The van der Waals surface area contributed by atoms with Gasteiger partial charge in [-0.05, 0) is 67.3 Å². The molecule has 4 N–H and O–H groups in total. The lowest BCUT2D eigenvalue weighted by atomic mass is 10.1. The normalized spacial score (nSPS) is 11.4. The minimum Gasteiger partial charge on any atom is -0.479 e. The molecule has 2 aromatic carbocycles. The first-order chi connectivity index (χ1) is 22.7. The molecular formula is C34H44F3N3O7S. The van der Waals surface area contributed by atoms with E-state index >= 15 is 0 Å². The number of hydrogen-bond acceptors (Lipinski definition) is 7. The highest BCUT2D eigenvalue weighted by Gasteiger charge is 2.15. The number of primary amides is 1. The third-order valence-electron chi connectivity index (χ3n) is 5.79. The maximum absolute atomic E-state index is 12.2. The van der Waals surface area contributed by atoms with Gasteiger partial charge < -0.3 is 20.7 Å². The van der Waals surface area contributed by atoms with E-state index < -0.39 is 34.4 Å². The van der Waals surface area contributed by atoms with Crippen molar-refractivity contribution in [1.82, 2.24) is 9.78 Å². The first kappa shape index (κ1) is 45.4. The van der Waals surface area contributed by atoms with Crippen molar-refractivity contribution in [2.45, 2.75) is 58.3 Å². The van der Waals surface area contributed by atoms with E-state index in [1.165, 1.54) is 13.0 Å². The van der Waals surface area contributed by atoms with Crippen LogP contribution in [0, 0.1) is 12.8 Å². The summed E-state index contributed by atoms with van der Waals surface area (Å²) in [4.78, 5) is 21.0. The number of nitrogens with zero attached hydrogens (tertiary/aromatic N) is 2. The van der Waals surface area contributed by atoms with Crippen LogP contribution in [0.1, 0.15) is 55.7 Å². The van der Waals surface area contributed by atoms with Crippen LogP contribution in [0.25, 0.3) is 16.8 Å². The smallest absolute Gasteiger partial charge is 0.345 e. The molecule has 0 radical (unpaired) electrons. The predicted molar refractivity (Wildman–Crippen MR) is 182 cm³/mol. The number of rotatable bonds is 12. The SMILES string of the molecule is C#C.C/C=C(\C/C=C\COC(F)F)c1cc(-c2ccc(S(C)(=O)=O)cc2)n(Cc2ccc(C(N)=O)cc2)n1.CC.CC(O)C(=O)O.CF. The van der Waals surface area contributed by atoms with Gasteiger partial charge in [-0.3, -0.25) is 13.9 Å². The van der Waals surface area contributed by atoms with Gasteiger partial charge in [0, 0.05) is 11.8 Å². The second-order valence-corrected chi connectivity index (χ2v) is 11.0. The van der Waals surface area contributed by atoms with Gasteiger partial charge in [0.15, 0.2) is 9.84 Å². The third-order valence-corrected chi connectivity index (χ3v) is 6.92. The van der Waals surface area contributed by atoms with E-state index in [-0.39, 0.29) is 11.5 Å². The fraction of sp³-hybridized carbons (Fsp3) is 0.324. The molecule has 1 atom stereocenters. The molecule has 0 aliphatic heterocycles. The molecule has 1 aromatic heterocycles. The van der Waals surface area contributed by atoms with Gasteiger partial charge in [-0.2, -0.15) is 13.9 Å². The van der Waals surface area contributed by atoms with Crippen LogP contribution in [0.5, 0.6) is 0 Å². The minimum atomic E-state index is -3.34. The van der Waals surface area contributed by atoms with Crippen molar-refractivity contribution in [3.05, 3.63) is 89.6 Å². The highest BCUT2D eigenvalue weighted by Crippen LogP contribution is 2.27. The lowest BCUT2D eigenvalue weighted by Crippen LogP contribution is -2.13. The zero-order valence-electron chi connectivity index (χ0n) is 27.8. The van der Waals surface area contributed by atoms with Crippen molar-refractivity contribution < 1.29 is 46.1 Å². The summed E-state index contributed by atoms with van der Waals surface area (Å²) in [6, 6.07) is 15.3. The van der Waals surface area contributed by atoms with Crippen LogP contribution in [-0.4, -0.2) is 73.0 Å². The quantitative estimate of drug-likeness (QED) is 0.154. The summed E-state index contributed by atoms with van der Waals surface area (Å²) in [7, 11) is -2.84. The highest BCUT2D eigenvalue weighted by atomic mass is 32.2. The van der Waals surface area contributed by atoms with E-state index in [9.17, 15) is 31.2 Å². The van der Waals surface area contributed by atoms with Crippen molar-refractivity contribution in [3.63, 3.8) is 0 Å².